The molecule has 4 rings (SSSR count). The minimum absolute atomic E-state index is 0.00191. The van der Waals surface area contributed by atoms with E-state index in [1.54, 1.807) is 12.1 Å². The molecule has 2 aliphatic rings. The summed E-state index contributed by atoms with van der Waals surface area (Å²) in [7, 11) is 0. The van der Waals surface area contributed by atoms with Crippen LogP contribution in [-0.2, 0) is 19.8 Å². The van der Waals surface area contributed by atoms with Crippen molar-refractivity contribution in [2.45, 2.75) is 24.5 Å². The lowest BCUT2D eigenvalue weighted by Gasteiger charge is -2.42. The number of amides is 1. The second kappa shape index (κ2) is 9.24. The first-order chi connectivity index (χ1) is 15.7. The number of piperidine rings is 1. The quantitative estimate of drug-likeness (QED) is 0.469. The highest BCUT2D eigenvalue weighted by molar-refractivity contribution is 5.94. The minimum Gasteiger partial charge on any atom is -0.488 e. The summed E-state index contributed by atoms with van der Waals surface area (Å²) in [6.45, 7) is -0.888. The van der Waals surface area contributed by atoms with E-state index in [1.165, 1.54) is 29.2 Å². The Hall–Kier alpha value is -2.76. The zero-order chi connectivity index (χ0) is 23.6. The number of alkyl halides is 3. The van der Waals surface area contributed by atoms with Crippen LogP contribution >= 0.6 is 0 Å². The zero-order valence-electron chi connectivity index (χ0n) is 17.2. The normalized spacial score (nSPS) is 22.8. The number of benzene rings is 2. The molecule has 0 aliphatic carbocycles. The smallest absolute Gasteiger partial charge is 0.488 e. The van der Waals surface area contributed by atoms with Crippen molar-refractivity contribution in [3.05, 3.63) is 65.2 Å². The summed E-state index contributed by atoms with van der Waals surface area (Å²) in [6, 6.07) is 9.50. The Morgan fingerprint density at radius 2 is 1.97 bits per heavy atom. The van der Waals surface area contributed by atoms with Gasteiger partial charge in [0.25, 0.3) is 5.91 Å². The van der Waals surface area contributed by atoms with Crippen LogP contribution in [0.2, 0.25) is 0 Å². The molecule has 6 nitrogen and oxygen atoms in total. The number of carbonyl (C=O) groups excluding carboxylic acids is 1. The van der Waals surface area contributed by atoms with Gasteiger partial charge < -0.3 is 19.1 Å². The van der Waals surface area contributed by atoms with Crippen LogP contribution in [0, 0.1) is 11.6 Å². The lowest BCUT2D eigenvalue weighted by atomic mass is 9.82. The minimum atomic E-state index is -4.80. The summed E-state index contributed by atoms with van der Waals surface area (Å²) < 4.78 is 84.0. The third kappa shape index (κ3) is 5.10. The number of rotatable bonds is 6. The van der Waals surface area contributed by atoms with Crippen LogP contribution in [0.4, 0.5) is 22.0 Å². The molecule has 0 saturated carbocycles. The molecule has 2 saturated heterocycles. The predicted molar refractivity (Wildman–Crippen MR) is 103 cm³/mol. The van der Waals surface area contributed by atoms with Gasteiger partial charge in [0, 0.05) is 18.5 Å². The lowest BCUT2D eigenvalue weighted by molar-refractivity contribution is -0.325. The summed E-state index contributed by atoms with van der Waals surface area (Å²) in [5, 5.41) is 0. The van der Waals surface area contributed by atoms with Gasteiger partial charge in [0.1, 0.15) is 30.9 Å². The molecular formula is C22H20F5NO5. The lowest BCUT2D eigenvalue weighted by Crippen LogP contribution is -2.53. The van der Waals surface area contributed by atoms with E-state index in [9.17, 15) is 26.7 Å². The molecule has 1 amide bonds. The number of halogens is 5. The molecule has 0 radical (unpaired) electrons. The van der Waals surface area contributed by atoms with Gasteiger partial charge in [-0.2, -0.15) is 0 Å². The van der Waals surface area contributed by atoms with Crippen LogP contribution in [0.3, 0.4) is 0 Å². The topological polar surface area (TPSA) is 57.2 Å². The molecule has 33 heavy (non-hydrogen) atoms. The van der Waals surface area contributed by atoms with Crippen molar-refractivity contribution >= 4 is 5.91 Å². The second-order valence-electron chi connectivity index (χ2n) is 7.61. The molecule has 11 heteroatoms. The van der Waals surface area contributed by atoms with Crippen LogP contribution < -0.4 is 4.74 Å². The molecule has 178 valence electrons. The average molecular weight is 473 g/mol. The summed E-state index contributed by atoms with van der Waals surface area (Å²) >= 11 is 0. The maximum Gasteiger partial charge on any atom is 0.522 e. The fraction of sp³-hybridized carbons (Fsp3) is 0.409. The number of carbonyl (C=O) groups is 1. The first kappa shape index (κ1) is 23.4. The maximum atomic E-state index is 14.3. The number of nitrogens with zero attached hydrogens (tertiary/aromatic N) is 1. The first-order valence-electron chi connectivity index (χ1n) is 10.1. The third-order valence-electron chi connectivity index (χ3n) is 5.63. The molecule has 0 bridgehead atoms. The molecule has 2 aliphatic heterocycles. The molecule has 0 aromatic heterocycles. The summed E-state index contributed by atoms with van der Waals surface area (Å²) in [6.07, 6.45) is -4.97. The zero-order valence-corrected chi connectivity index (χ0v) is 17.2. The highest BCUT2D eigenvalue weighted by Crippen LogP contribution is 2.43. The molecule has 2 aromatic rings. The number of hydrogen-bond donors (Lipinski definition) is 0. The Morgan fingerprint density at radius 1 is 1.15 bits per heavy atom. The third-order valence-corrected chi connectivity index (χ3v) is 5.63. The van der Waals surface area contributed by atoms with E-state index in [4.69, 9.17) is 14.2 Å². The molecule has 2 fully saturated rings. The number of hydrogen-bond acceptors (Lipinski definition) is 5. The van der Waals surface area contributed by atoms with Crippen molar-refractivity contribution in [1.82, 2.24) is 4.90 Å². The van der Waals surface area contributed by atoms with E-state index < -0.39 is 48.8 Å². The van der Waals surface area contributed by atoms with E-state index in [0.29, 0.717) is 12.0 Å². The number of fused-ring (bicyclic) bond motifs is 1. The number of ether oxygens (including phenoxy) is 4. The van der Waals surface area contributed by atoms with E-state index in [-0.39, 0.29) is 31.2 Å². The highest BCUT2D eigenvalue weighted by atomic mass is 19.4. The van der Waals surface area contributed by atoms with Gasteiger partial charge in [0.05, 0.1) is 13.2 Å². The van der Waals surface area contributed by atoms with Crippen molar-refractivity contribution < 1.29 is 45.7 Å². The van der Waals surface area contributed by atoms with E-state index in [1.807, 2.05) is 0 Å². The van der Waals surface area contributed by atoms with E-state index in [0.717, 1.165) is 6.07 Å². The maximum absolute atomic E-state index is 14.3. The van der Waals surface area contributed by atoms with Crippen LogP contribution in [0.25, 0.3) is 0 Å². The van der Waals surface area contributed by atoms with Gasteiger partial charge in [-0.05, 0) is 35.9 Å². The molecule has 2 heterocycles. The summed E-state index contributed by atoms with van der Waals surface area (Å²) in [4.78, 5) is 14.4. The standard InChI is InChI=1S/C22H20F5NO5/c23-16-3-1-2-15(11-16)21-6-7-28(12-19(21)31-13-33-21)20(29)14-4-5-18(17(24)10-14)30-8-9-32-22(25,26)27/h1-5,10-11,19H,6-9,12-13H2/t19-,21-/m0/s1. The molecule has 2 aromatic carbocycles. The predicted octanol–water partition coefficient (Wildman–Crippen LogP) is 3.99. The van der Waals surface area contributed by atoms with Gasteiger partial charge >= 0.3 is 6.36 Å². The van der Waals surface area contributed by atoms with Gasteiger partial charge in [0.15, 0.2) is 11.6 Å². The summed E-state index contributed by atoms with van der Waals surface area (Å²) in [5.74, 6) is -2.05. The largest absolute Gasteiger partial charge is 0.522 e. The molecule has 0 unspecified atom stereocenters. The fourth-order valence-corrected chi connectivity index (χ4v) is 4.07. The van der Waals surface area contributed by atoms with E-state index in [2.05, 4.69) is 4.74 Å². The van der Waals surface area contributed by atoms with Crippen LogP contribution in [0.1, 0.15) is 22.3 Å². The molecular weight excluding hydrogens is 453 g/mol. The second-order valence-corrected chi connectivity index (χ2v) is 7.61. The van der Waals surface area contributed by atoms with Gasteiger partial charge in [-0.3, -0.25) is 9.53 Å². The molecule has 2 atom stereocenters. The van der Waals surface area contributed by atoms with Crippen molar-refractivity contribution in [3.63, 3.8) is 0 Å². The molecule has 0 spiro atoms. The van der Waals surface area contributed by atoms with Crippen LogP contribution in [0.15, 0.2) is 42.5 Å². The van der Waals surface area contributed by atoms with Gasteiger partial charge in [-0.25, -0.2) is 8.78 Å². The fourth-order valence-electron chi connectivity index (χ4n) is 4.07. The monoisotopic (exact) mass is 473 g/mol. The van der Waals surface area contributed by atoms with Crippen LogP contribution in [-0.4, -0.2) is 56.4 Å². The van der Waals surface area contributed by atoms with Gasteiger partial charge in [0.2, 0.25) is 0 Å². The van der Waals surface area contributed by atoms with Gasteiger partial charge in [-0.15, -0.1) is 13.2 Å². The summed E-state index contributed by atoms with van der Waals surface area (Å²) in [5.41, 5.74) is -0.206. The van der Waals surface area contributed by atoms with Crippen LogP contribution in [0.5, 0.6) is 5.75 Å². The Labute approximate surface area is 185 Å². The Morgan fingerprint density at radius 3 is 2.70 bits per heavy atom. The van der Waals surface area contributed by atoms with Crippen molar-refractivity contribution in [3.8, 4) is 5.75 Å². The molecule has 0 N–H and O–H groups in total. The first-order valence-corrected chi connectivity index (χ1v) is 10.1. The average Bonchev–Trinajstić information content (AvgIpc) is 3.21. The highest BCUT2D eigenvalue weighted by Gasteiger charge is 2.51. The SMILES string of the molecule is O=C(c1ccc(OCCOC(F)(F)F)c(F)c1)N1CC[C@@]2(c3cccc(F)c3)OCO[C@H]2C1. The number of likely N-dealkylation sites (tertiary alicyclic amines) is 1. The van der Waals surface area contributed by atoms with E-state index >= 15 is 0 Å². The van der Waals surface area contributed by atoms with Crippen molar-refractivity contribution in [2.75, 3.05) is 33.1 Å². The van der Waals surface area contributed by atoms with Crippen molar-refractivity contribution in [1.29, 1.82) is 0 Å². The van der Waals surface area contributed by atoms with Crippen molar-refractivity contribution in [2.24, 2.45) is 0 Å². The Balaban J connectivity index is 1.40. The van der Waals surface area contributed by atoms with Gasteiger partial charge in [-0.1, -0.05) is 12.1 Å². The Bertz CT molecular complexity index is 1020. The Kier molecular flexibility index (Phi) is 6.55.